The van der Waals surface area contributed by atoms with Gasteiger partial charge in [-0.3, -0.25) is 4.72 Å². The highest BCUT2D eigenvalue weighted by atomic mass is 35.5. The van der Waals surface area contributed by atoms with Crippen LogP contribution in [0.3, 0.4) is 0 Å². The Balaban J connectivity index is 2.02. The molecule has 2 aromatic carbocycles. The number of esters is 1. The Morgan fingerprint density at radius 3 is 2.42 bits per heavy atom. The van der Waals surface area contributed by atoms with Gasteiger partial charge in [-0.2, -0.15) is 0 Å². The molecule has 0 radical (unpaired) electrons. The molecular formula is C18H19Cl2NO4S. The van der Waals surface area contributed by atoms with Crippen LogP contribution < -0.4 is 4.72 Å². The standard InChI is InChI=1S/C18H19Cl2NO4S/c1-12(6-7-13-4-3-5-16(19)17(13)20)26(23,24)21-15-10-8-14(9-11-15)18(22)25-2/h3-5,8-12,21H,6-7H2,1-2H3. The first-order valence-electron chi connectivity index (χ1n) is 7.87. The lowest BCUT2D eigenvalue weighted by molar-refractivity contribution is 0.0601. The number of nitrogens with one attached hydrogen (secondary N) is 1. The summed E-state index contributed by atoms with van der Waals surface area (Å²) in [6.45, 7) is 1.63. The van der Waals surface area contributed by atoms with Crippen molar-refractivity contribution < 1.29 is 17.9 Å². The van der Waals surface area contributed by atoms with E-state index in [1.54, 1.807) is 19.1 Å². The zero-order valence-electron chi connectivity index (χ0n) is 14.3. The van der Waals surface area contributed by atoms with Crippen molar-refractivity contribution in [3.63, 3.8) is 0 Å². The van der Waals surface area contributed by atoms with Crippen LogP contribution in [0.4, 0.5) is 5.69 Å². The summed E-state index contributed by atoms with van der Waals surface area (Å²) in [5.74, 6) is -0.480. The van der Waals surface area contributed by atoms with E-state index in [9.17, 15) is 13.2 Å². The van der Waals surface area contributed by atoms with Gasteiger partial charge in [-0.1, -0.05) is 35.3 Å². The fourth-order valence-corrected chi connectivity index (χ4v) is 3.82. The maximum absolute atomic E-state index is 12.5. The van der Waals surface area contributed by atoms with Crippen LogP contribution in [0.1, 0.15) is 29.3 Å². The lowest BCUT2D eigenvalue weighted by atomic mass is 10.1. The van der Waals surface area contributed by atoms with Gasteiger partial charge in [0.2, 0.25) is 10.0 Å². The topological polar surface area (TPSA) is 72.5 Å². The predicted octanol–water partition coefficient (Wildman–Crippen LogP) is 4.54. The minimum absolute atomic E-state index is 0.346. The quantitative estimate of drug-likeness (QED) is 0.673. The molecule has 0 aliphatic carbocycles. The predicted molar refractivity (Wildman–Crippen MR) is 105 cm³/mol. The molecule has 0 amide bonds. The van der Waals surface area contributed by atoms with Crippen LogP contribution in [-0.2, 0) is 21.2 Å². The molecule has 140 valence electrons. The summed E-state index contributed by atoms with van der Waals surface area (Å²) in [6.07, 6.45) is 0.873. The van der Waals surface area contributed by atoms with Crippen LogP contribution in [0.2, 0.25) is 10.0 Å². The number of carbonyl (C=O) groups excluding carboxylic acids is 1. The fourth-order valence-electron chi connectivity index (χ4n) is 2.31. The molecule has 1 N–H and O–H groups in total. The Kier molecular flexibility index (Phi) is 6.92. The Morgan fingerprint density at radius 2 is 1.81 bits per heavy atom. The number of benzene rings is 2. The van der Waals surface area contributed by atoms with E-state index in [0.717, 1.165) is 5.56 Å². The van der Waals surface area contributed by atoms with Gasteiger partial charge < -0.3 is 4.74 Å². The van der Waals surface area contributed by atoms with Crippen LogP contribution in [0.25, 0.3) is 0 Å². The fraction of sp³-hybridized carbons (Fsp3) is 0.278. The van der Waals surface area contributed by atoms with Crippen LogP contribution in [0.15, 0.2) is 42.5 Å². The van der Waals surface area contributed by atoms with Crippen molar-refractivity contribution in [3.8, 4) is 0 Å². The average Bonchev–Trinajstić information content (AvgIpc) is 2.62. The van der Waals surface area contributed by atoms with Crippen molar-refractivity contribution in [2.75, 3.05) is 11.8 Å². The summed E-state index contributed by atoms with van der Waals surface area (Å²) in [5.41, 5.74) is 1.54. The molecule has 1 unspecified atom stereocenters. The molecule has 0 aliphatic rings. The Hall–Kier alpha value is -1.76. The van der Waals surface area contributed by atoms with Crippen LogP contribution in [0.5, 0.6) is 0 Å². The lowest BCUT2D eigenvalue weighted by Crippen LogP contribution is -2.25. The van der Waals surface area contributed by atoms with E-state index < -0.39 is 21.2 Å². The molecule has 0 aliphatic heterocycles. The Bertz CT molecular complexity index is 883. The molecule has 0 aromatic heterocycles. The van der Waals surface area contributed by atoms with Gasteiger partial charge in [0, 0.05) is 5.69 Å². The second-order valence-corrected chi connectivity index (χ2v) is 8.66. The van der Waals surface area contributed by atoms with Crippen LogP contribution >= 0.6 is 23.2 Å². The summed E-state index contributed by atoms with van der Waals surface area (Å²) in [7, 11) is -2.30. The van der Waals surface area contributed by atoms with E-state index in [2.05, 4.69) is 9.46 Å². The van der Waals surface area contributed by atoms with Gasteiger partial charge in [0.05, 0.1) is 28.0 Å². The molecule has 0 spiro atoms. The summed E-state index contributed by atoms with van der Waals surface area (Å²) in [4.78, 5) is 11.4. The molecule has 5 nitrogen and oxygen atoms in total. The van der Waals surface area contributed by atoms with E-state index in [4.69, 9.17) is 23.2 Å². The highest BCUT2D eigenvalue weighted by molar-refractivity contribution is 7.93. The average molecular weight is 416 g/mol. The molecule has 2 rings (SSSR count). The molecule has 1 atom stereocenters. The Morgan fingerprint density at radius 1 is 1.15 bits per heavy atom. The van der Waals surface area contributed by atoms with Crippen molar-refractivity contribution in [2.45, 2.75) is 25.0 Å². The number of anilines is 1. The van der Waals surface area contributed by atoms with Gasteiger partial charge in [0.1, 0.15) is 0 Å². The normalized spacial score (nSPS) is 12.5. The summed E-state index contributed by atoms with van der Waals surface area (Å²) in [5, 5.41) is 0.256. The molecule has 0 saturated carbocycles. The number of methoxy groups -OCH3 is 1. The molecule has 2 aromatic rings. The number of ether oxygens (including phenoxy) is 1. The van der Waals surface area contributed by atoms with E-state index in [1.807, 2.05) is 6.07 Å². The highest BCUT2D eigenvalue weighted by Gasteiger charge is 2.21. The minimum Gasteiger partial charge on any atom is -0.465 e. The third-order valence-electron chi connectivity index (χ3n) is 3.95. The maximum Gasteiger partial charge on any atom is 0.337 e. The van der Waals surface area contributed by atoms with Gasteiger partial charge in [-0.05, 0) is 55.7 Å². The van der Waals surface area contributed by atoms with Gasteiger partial charge in [0.15, 0.2) is 0 Å². The SMILES string of the molecule is COC(=O)c1ccc(NS(=O)(=O)C(C)CCc2cccc(Cl)c2Cl)cc1. The van der Waals surface area contributed by atoms with Crippen molar-refractivity contribution in [2.24, 2.45) is 0 Å². The summed E-state index contributed by atoms with van der Waals surface area (Å²) >= 11 is 12.1. The van der Waals surface area contributed by atoms with Crippen molar-refractivity contribution in [3.05, 3.63) is 63.6 Å². The Labute approximate surface area is 163 Å². The van der Waals surface area contributed by atoms with Crippen molar-refractivity contribution in [1.82, 2.24) is 0 Å². The maximum atomic E-state index is 12.5. The number of sulfonamides is 1. The van der Waals surface area contributed by atoms with Gasteiger partial charge >= 0.3 is 5.97 Å². The number of hydrogen-bond acceptors (Lipinski definition) is 4. The monoisotopic (exact) mass is 415 g/mol. The number of aryl methyl sites for hydroxylation is 1. The van der Waals surface area contributed by atoms with E-state index in [0.29, 0.717) is 34.1 Å². The van der Waals surface area contributed by atoms with E-state index in [1.165, 1.54) is 31.4 Å². The zero-order valence-corrected chi connectivity index (χ0v) is 16.7. The zero-order chi connectivity index (χ0) is 19.3. The molecule has 0 saturated heterocycles. The third-order valence-corrected chi connectivity index (χ3v) is 6.62. The third kappa shape index (κ3) is 5.13. The molecular weight excluding hydrogens is 397 g/mol. The second-order valence-electron chi connectivity index (χ2n) is 5.78. The molecule has 8 heteroatoms. The number of rotatable bonds is 7. The van der Waals surface area contributed by atoms with Gasteiger partial charge in [-0.25, -0.2) is 13.2 Å². The largest absolute Gasteiger partial charge is 0.465 e. The minimum atomic E-state index is -3.59. The second kappa shape index (κ2) is 8.75. The number of halogens is 2. The lowest BCUT2D eigenvalue weighted by Gasteiger charge is -2.15. The molecule has 0 fully saturated rings. The van der Waals surface area contributed by atoms with E-state index in [-0.39, 0.29) is 0 Å². The first-order chi connectivity index (χ1) is 12.2. The van der Waals surface area contributed by atoms with Gasteiger partial charge in [-0.15, -0.1) is 0 Å². The van der Waals surface area contributed by atoms with Crippen LogP contribution in [-0.4, -0.2) is 26.7 Å². The molecule has 0 heterocycles. The number of carbonyl (C=O) groups is 1. The first-order valence-corrected chi connectivity index (χ1v) is 10.2. The summed E-state index contributed by atoms with van der Waals surface area (Å²) < 4.78 is 32.1. The molecule has 0 bridgehead atoms. The van der Waals surface area contributed by atoms with E-state index >= 15 is 0 Å². The smallest absolute Gasteiger partial charge is 0.337 e. The molecule has 26 heavy (non-hydrogen) atoms. The van der Waals surface area contributed by atoms with Crippen molar-refractivity contribution >= 4 is 44.9 Å². The van der Waals surface area contributed by atoms with Gasteiger partial charge in [0.25, 0.3) is 0 Å². The highest BCUT2D eigenvalue weighted by Crippen LogP contribution is 2.27. The summed E-state index contributed by atoms with van der Waals surface area (Å²) in [6, 6.07) is 11.3. The first kappa shape index (κ1) is 20.6. The van der Waals surface area contributed by atoms with Crippen molar-refractivity contribution in [1.29, 1.82) is 0 Å². The number of hydrogen-bond donors (Lipinski definition) is 1. The van der Waals surface area contributed by atoms with Crippen LogP contribution in [0, 0.1) is 0 Å².